The number of H-pyrrole nitrogens is 1. The van der Waals surface area contributed by atoms with Gasteiger partial charge in [0.1, 0.15) is 5.75 Å². The molecule has 0 fully saturated rings. The summed E-state index contributed by atoms with van der Waals surface area (Å²) in [4.78, 5) is 37.1. The number of halogens is 1. The number of hydrogen-bond acceptors (Lipinski definition) is 4. The maximum absolute atomic E-state index is 13.4. The monoisotopic (exact) mass is 342 g/mol. The third kappa shape index (κ3) is 3.08. The van der Waals surface area contributed by atoms with E-state index in [4.69, 9.17) is 4.74 Å². The van der Waals surface area contributed by atoms with Crippen LogP contribution in [0.5, 0.6) is 5.75 Å². The van der Waals surface area contributed by atoms with Crippen LogP contribution < -0.4 is 16.0 Å². The molecule has 1 aromatic heterocycles. The van der Waals surface area contributed by atoms with Crippen molar-refractivity contribution in [1.82, 2.24) is 9.55 Å². The van der Waals surface area contributed by atoms with E-state index in [1.165, 1.54) is 0 Å². The van der Waals surface area contributed by atoms with Crippen molar-refractivity contribution in [3.8, 4) is 5.75 Å². The van der Waals surface area contributed by atoms with Crippen molar-refractivity contribution in [3.05, 3.63) is 74.8 Å². The summed E-state index contributed by atoms with van der Waals surface area (Å²) >= 11 is 0. The average Bonchev–Trinajstić information content (AvgIpc) is 2.62. The molecule has 0 saturated carbocycles. The average molecular weight is 342 g/mol. The zero-order valence-corrected chi connectivity index (χ0v) is 13.6. The molecule has 0 bridgehead atoms. The van der Waals surface area contributed by atoms with Crippen molar-refractivity contribution in [1.29, 1.82) is 0 Å². The minimum Gasteiger partial charge on any atom is -0.497 e. The topological polar surface area (TPSA) is 81.2 Å². The summed E-state index contributed by atoms with van der Waals surface area (Å²) in [6, 6.07) is 11.0. The number of ether oxygens (including phenoxy) is 1. The van der Waals surface area contributed by atoms with Crippen LogP contribution in [0.15, 0.2) is 52.2 Å². The first-order valence-electron chi connectivity index (χ1n) is 7.54. The first-order valence-corrected chi connectivity index (χ1v) is 7.54. The fraction of sp³-hybridized carbons (Fsp3) is 0.167. The maximum Gasteiger partial charge on any atom is 0.335 e. The quantitative estimate of drug-likeness (QED) is 0.792. The number of benzene rings is 2. The molecule has 1 N–H and O–H groups in total. The normalized spacial score (nSPS) is 12.1. The number of carbonyl (C=O) groups excluding carboxylic acids is 1. The number of fused-ring (bicyclic) bond motifs is 1. The molecule has 6 nitrogen and oxygen atoms in total. The van der Waals surface area contributed by atoms with Gasteiger partial charge < -0.3 is 4.74 Å². The molecule has 0 unspecified atom stereocenters. The number of hydrogen-bond donors (Lipinski definition) is 1. The summed E-state index contributed by atoms with van der Waals surface area (Å²) < 4.78 is 19.2. The molecule has 0 saturated heterocycles. The van der Waals surface area contributed by atoms with Crippen LogP contribution in [-0.2, 0) is 0 Å². The van der Waals surface area contributed by atoms with Crippen LogP contribution >= 0.6 is 0 Å². The predicted octanol–water partition coefficient (Wildman–Crippen LogP) is 2.28. The van der Waals surface area contributed by atoms with Crippen LogP contribution in [-0.4, -0.2) is 22.6 Å². The molecule has 3 aromatic rings. The molecule has 0 aliphatic carbocycles. The lowest BCUT2D eigenvalue weighted by Gasteiger charge is -2.13. The van der Waals surface area contributed by atoms with Gasteiger partial charge in [-0.25, -0.2) is 9.36 Å². The molecule has 0 amide bonds. The summed E-state index contributed by atoms with van der Waals surface area (Å²) in [7, 11) is 1.58. The molecule has 128 valence electrons. The van der Waals surface area contributed by atoms with Crippen molar-refractivity contribution in [2.45, 2.75) is 12.8 Å². The van der Waals surface area contributed by atoms with Gasteiger partial charge in [0.05, 0.1) is 19.2 Å². The van der Waals surface area contributed by atoms with Gasteiger partial charge in [-0.05, 0) is 35.4 Å². The Bertz CT molecular complexity index is 1080. The Kier molecular flexibility index (Phi) is 4.22. The van der Waals surface area contributed by atoms with Crippen molar-refractivity contribution in [2.75, 3.05) is 7.11 Å². The summed E-state index contributed by atoms with van der Waals surface area (Å²) in [5.74, 6) is -1.80. The molecule has 7 heteroatoms. The summed E-state index contributed by atoms with van der Waals surface area (Å²) in [5.41, 5.74) is -1.45. The first-order chi connectivity index (χ1) is 11.9. The lowest BCUT2D eigenvalue weighted by atomic mass is 9.97. The van der Waals surface area contributed by atoms with E-state index >= 15 is 0 Å². The molecule has 1 atom stereocenters. The number of aromatic nitrogens is 2. The van der Waals surface area contributed by atoms with Gasteiger partial charge in [0.15, 0.2) is 0 Å². The van der Waals surface area contributed by atoms with Crippen LogP contribution in [0.1, 0.15) is 23.2 Å². The van der Waals surface area contributed by atoms with E-state index < -0.39 is 28.9 Å². The largest absolute Gasteiger partial charge is 0.497 e. The summed E-state index contributed by atoms with van der Waals surface area (Å²) in [5, 5.41) is 1.84. The van der Waals surface area contributed by atoms with Crippen molar-refractivity contribution < 1.29 is 13.9 Å². The Hall–Kier alpha value is -3.22. The highest BCUT2D eigenvalue weighted by molar-refractivity contribution is 5.89. The van der Waals surface area contributed by atoms with Gasteiger partial charge in [-0.15, -0.1) is 0 Å². The second-order valence-electron chi connectivity index (χ2n) is 5.64. The van der Waals surface area contributed by atoms with E-state index in [2.05, 4.69) is 0 Å². The van der Waals surface area contributed by atoms with E-state index in [0.29, 0.717) is 16.3 Å². The SMILES string of the molecule is COc1ccc2cc([C@H](C)C(=O)n3cc(F)c(=O)[nH]c3=O)ccc2c1. The molecule has 0 aliphatic heterocycles. The second kappa shape index (κ2) is 6.35. The molecule has 0 radical (unpaired) electrons. The van der Waals surface area contributed by atoms with Crippen LogP contribution in [0.25, 0.3) is 10.8 Å². The minimum atomic E-state index is -1.19. The van der Waals surface area contributed by atoms with Gasteiger partial charge in [-0.2, -0.15) is 4.39 Å². The number of nitrogens with zero attached hydrogens (tertiary/aromatic N) is 1. The molecular weight excluding hydrogens is 327 g/mol. The first kappa shape index (κ1) is 16.6. The Morgan fingerprint density at radius 2 is 1.84 bits per heavy atom. The molecular formula is C18H15FN2O4. The number of carbonyl (C=O) groups is 1. The highest BCUT2D eigenvalue weighted by Gasteiger charge is 2.20. The van der Waals surface area contributed by atoms with E-state index in [1.807, 2.05) is 24.3 Å². The van der Waals surface area contributed by atoms with E-state index in [9.17, 15) is 18.8 Å². The fourth-order valence-electron chi connectivity index (χ4n) is 2.60. The Morgan fingerprint density at radius 3 is 2.56 bits per heavy atom. The maximum atomic E-state index is 13.4. The van der Waals surface area contributed by atoms with Gasteiger partial charge in [-0.1, -0.05) is 24.3 Å². The van der Waals surface area contributed by atoms with Gasteiger partial charge in [0, 0.05) is 0 Å². The molecule has 2 aromatic carbocycles. The zero-order chi connectivity index (χ0) is 18.1. The summed E-state index contributed by atoms with van der Waals surface area (Å²) in [6.07, 6.45) is 0.617. The highest BCUT2D eigenvalue weighted by Crippen LogP contribution is 2.25. The zero-order valence-electron chi connectivity index (χ0n) is 13.6. The molecule has 3 rings (SSSR count). The molecule has 0 spiro atoms. The lowest BCUT2D eigenvalue weighted by Crippen LogP contribution is -2.36. The van der Waals surface area contributed by atoms with Gasteiger partial charge in [-0.3, -0.25) is 14.6 Å². The minimum absolute atomic E-state index is 0.583. The van der Waals surface area contributed by atoms with Crippen molar-refractivity contribution in [2.24, 2.45) is 0 Å². The predicted molar refractivity (Wildman–Crippen MR) is 90.8 cm³/mol. The van der Waals surface area contributed by atoms with Crippen LogP contribution in [0.2, 0.25) is 0 Å². The van der Waals surface area contributed by atoms with Gasteiger partial charge in [0.2, 0.25) is 11.7 Å². The smallest absolute Gasteiger partial charge is 0.335 e. The van der Waals surface area contributed by atoms with Gasteiger partial charge in [0.25, 0.3) is 5.56 Å². The number of rotatable bonds is 3. The molecule has 1 heterocycles. The Balaban J connectivity index is 2.00. The van der Waals surface area contributed by atoms with Gasteiger partial charge >= 0.3 is 5.69 Å². The van der Waals surface area contributed by atoms with E-state index in [0.717, 1.165) is 16.5 Å². The van der Waals surface area contributed by atoms with Crippen LogP contribution in [0.4, 0.5) is 4.39 Å². The molecule has 25 heavy (non-hydrogen) atoms. The number of methoxy groups -OCH3 is 1. The molecule has 0 aliphatic rings. The second-order valence-corrected chi connectivity index (χ2v) is 5.64. The van der Waals surface area contributed by atoms with E-state index in [-0.39, 0.29) is 0 Å². The Morgan fingerprint density at radius 1 is 1.16 bits per heavy atom. The van der Waals surface area contributed by atoms with Crippen molar-refractivity contribution in [3.63, 3.8) is 0 Å². The lowest BCUT2D eigenvalue weighted by molar-refractivity contribution is 0.0876. The van der Waals surface area contributed by atoms with E-state index in [1.54, 1.807) is 31.2 Å². The third-order valence-electron chi connectivity index (χ3n) is 4.08. The highest BCUT2D eigenvalue weighted by atomic mass is 19.1. The van der Waals surface area contributed by atoms with Crippen LogP contribution in [0.3, 0.4) is 0 Å². The third-order valence-corrected chi connectivity index (χ3v) is 4.08. The number of aromatic amines is 1. The fourth-order valence-corrected chi connectivity index (χ4v) is 2.60. The Labute approximate surface area is 141 Å². The van der Waals surface area contributed by atoms with Crippen LogP contribution in [0, 0.1) is 5.82 Å². The summed E-state index contributed by atoms with van der Waals surface area (Å²) in [6.45, 7) is 1.61. The number of nitrogens with one attached hydrogen (secondary N) is 1. The standard InChI is InChI=1S/C18H15FN2O4/c1-10(17(23)21-9-15(19)16(22)20-18(21)24)11-3-4-13-8-14(25-2)6-5-12(13)7-11/h3-10H,1-2H3,(H,20,22,24)/t10-/m0/s1. The van der Waals surface area contributed by atoms with Crippen molar-refractivity contribution >= 4 is 16.7 Å².